The molecule has 0 saturated carbocycles. The summed E-state index contributed by atoms with van der Waals surface area (Å²) >= 11 is 11.9. The molecule has 0 fully saturated rings. The second-order valence-electron chi connectivity index (χ2n) is 5.33. The predicted octanol–water partition coefficient (Wildman–Crippen LogP) is 3.36. The first kappa shape index (κ1) is 19.1. The third kappa shape index (κ3) is 4.46. The summed E-state index contributed by atoms with van der Waals surface area (Å²) in [6.45, 7) is 4.49. The van der Waals surface area contributed by atoms with Crippen LogP contribution in [0.1, 0.15) is 28.4 Å². The van der Waals surface area contributed by atoms with Crippen LogP contribution in [-0.4, -0.2) is 24.5 Å². The zero-order valence-electron chi connectivity index (χ0n) is 14.1. The fourth-order valence-electron chi connectivity index (χ4n) is 2.43. The fraction of sp³-hybridized carbons (Fsp3) is 0.294. The van der Waals surface area contributed by atoms with Crippen molar-refractivity contribution < 1.29 is 9.53 Å². The van der Waals surface area contributed by atoms with Crippen molar-refractivity contribution in [2.75, 3.05) is 19.0 Å². The number of H-pyrrole nitrogens is 1. The van der Waals surface area contributed by atoms with Gasteiger partial charge < -0.3 is 20.4 Å². The molecule has 3 N–H and O–H groups in total. The van der Waals surface area contributed by atoms with E-state index >= 15 is 0 Å². The number of nitrogens with one attached hydrogen (secondary N) is 3. The number of rotatable bonds is 6. The number of pyridine rings is 1. The van der Waals surface area contributed by atoms with Gasteiger partial charge in [-0.2, -0.15) is 0 Å². The molecule has 134 valence electrons. The van der Waals surface area contributed by atoms with Crippen molar-refractivity contribution >= 4 is 34.8 Å². The first-order valence-corrected chi connectivity index (χ1v) is 8.40. The molecular weight excluding hydrogens is 365 g/mol. The van der Waals surface area contributed by atoms with Gasteiger partial charge in [-0.3, -0.25) is 9.59 Å². The average molecular weight is 384 g/mol. The van der Waals surface area contributed by atoms with Crippen LogP contribution in [0.2, 0.25) is 10.2 Å². The Balaban J connectivity index is 2.26. The number of amides is 1. The standard InChI is InChI=1S/C17H19Cl2N3O3/c1-4-20-13-6-10(18)5-11(9(13)2)16(24)21-8-12-14(23)7-15(19)22-17(12)25-3/h5-7,20H,4,8H2,1-3H3,(H,21,24)(H,22,23). The largest absolute Gasteiger partial charge is 0.482 e. The van der Waals surface area contributed by atoms with Crippen molar-refractivity contribution in [1.82, 2.24) is 10.3 Å². The minimum absolute atomic E-state index is 0.00297. The minimum Gasteiger partial charge on any atom is -0.482 e. The highest BCUT2D eigenvalue weighted by Gasteiger charge is 2.16. The van der Waals surface area contributed by atoms with E-state index in [9.17, 15) is 9.59 Å². The number of ether oxygens (including phenoxy) is 1. The summed E-state index contributed by atoms with van der Waals surface area (Å²) in [5.41, 5.74) is 1.97. The van der Waals surface area contributed by atoms with Crippen LogP contribution in [0, 0.1) is 6.92 Å². The van der Waals surface area contributed by atoms with Gasteiger partial charge in [0, 0.05) is 28.9 Å². The van der Waals surface area contributed by atoms with E-state index in [2.05, 4.69) is 15.6 Å². The third-order valence-electron chi connectivity index (χ3n) is 3.68. The number of aromatic nitrogens is 1. The Bertz CT molecular complexity index is 850. The summed E-state index contributed by atoms with van der Waals surface area (Å²) in [6, 6.07) is 4.60. The molecule has 0 aliphatic rings. The monoisotopic (exact) mass is 383 g/mol. The van der Waals surface area contributed by atoms with Crippen LogP contribution in [0.25, 0.3) is 0 Å². The summed E-state index contributed by atoms with van der Waals surface area (Å²) in [7, 11) is 1.41. The van der Waals surface area contributed by atoms with Crippen molar-refractivity contribution in [2.45, 2.75) is 20.4 Å². The van der Waals surface area contributed by atoms with Crippen molar-refractivity contribution in [1.29, 1.82) is 0 Å². The molecular formula is C17H19Cl2N3O3. The SMILES string of the molecule is CCNc1cc(Cl)cc(C(=O)NCc2c(OC)[nH]c(Cl)cc2=O)c1C. The lowest BCUT2D eigenvalue weighted by Gasteiger charge is -2.14. The number of halogens is 2. The summed E-state index contributed by atoms with van der Waals surface area (Å²) in [5, 5.41) is 6.50. The Hall–Kier alpha value is -2.18. The maximum Gasteiger partial charge on any atom is 0.251 e. The second kappa shape index (κ2) is 8.27. The van der Waals surface area contributed by atoms with Gasteiger partial charge in [-0.05, 0) is 31.5 Å². The molecule has 1 heterocycles. The quantitative estimate of drug-likeness (QED) is 0.667. The molecule has 0 spiro atoms. The van der Waals surface area contributed by atoms with Gasteiger partial charge in [-0.25, -0.2) is 0 Å². The van der Waals surface area contributed by atoms with Crippen LogP contribution in [0.4, 0.5) is 5.69 Å². The lowest BCUT2D eigenvalue weighted by atomic mass is 10.1. The molecule has 0 unspecified atom stereocenters. The van der Waals surface area contributed by atoms with Gasteiger partial charge in [-0.15, -0.1) is 0 Å². The van der Waals surface area contributed by atoms with Crippen LogP contribution in [-0.2, 0) is 6.54 Å². The Morgan fingerprint density at radius 1 is 1.28 bits per heavy atom. The molecule has 8 heteroatoms. The van der Waals surface area contributed by atoms with E-state index in [-0.39, 0.29) is 34.5 Å². The molecule has 2 aromatic rings. The van der Waals surface area contributed by atoms with E-state index in [1.807, 2.05) is 13.8 Å². The lowest BCUT2D eigenvalue weighted by Crippen LogP contribution is -2.27. The highest BCUT2D eigenvalue weighted by Crippen LogP contribution is 2.25. The zero-order valence-corrected chi connectivity index (χ0v) is 15.6. The molecule has 1 aromatic carbocycles. The Morgan fingerprint density at radius 2 is 2.00 bits per heavy atom. The zero-order chi connectivity index (χ0) is 18.6. The number of aromatic amines is 1. The summed E-state index contributed by atoms with van der Waals surface area (Å²) in [6.07, 6.45) is 0. The van der Waals surface area contributed by atoms with E-state index in [4.69, 9.17) is 27.9 Å². The van der Waals surface area contributed by atoms with Crippen molar-refractivity contribution in [3.05, 3.63) is 55.3 Å². The normalized spacial score (nSPS) is 10.4. The van der Waals surface area contributed by atoms with Gasteiger partial charge in [0.1, 0.15) is 5.15 Å². The molecule has 0 atom stereocenters. The number of carbonyl (C=O) groups excluding carboxylic acids is 1. The van der Waals surface area contributed by atoms with Crippen LogP contribution < -0.4 is 20.8 Å². The summed E-state index contributed by atoms with van der Waals surface area (Å²) in [5.74, 6) is -0.121. The Labute approximate surface area is 155 Å². The van der Waals surface area contributed by atoms with E-state index in [1.54, 1.807) is 12.1 Å². The van der Waals surface area contributed by atoms with Gasteiger partial charge in [-0.1, -0.05) is 23.2 Å². The van der Waals surface area contributed by atoms with Crippen LogP contribution in [0.5, 0.6) is 5.88 Å². The molecule has 0 aliphatic heterocycles. The van der Waals surface area contributed by atoms with Crippen LogP contribution >= 0.6 is 23.2 Å². The van der Waals surface area contributed by atoms with Gasteiger partial charge in [0.05, 0.1) is 19.2 Å². The number of methoxy groups -OCH3 is 1. The highest BCUT2D eigenvalue weighted by atomic mass is 35.5. The third-order valence-corrected chi connectivity index (χ3v) is 4.10. The second-order valence-corrected chi connectivity index (χ2v) is 6.18. The molecule has 0 aliphatic carbocycles. The number of carbonyl (C=O) groups is 1. The first-order valence-electron chi connectivity index (χ1n) is 7.65. The smallest absolute Gasteiger partial charge is 0.251 e. The first-order chi connectivity index (χ1) is 11.9. The van der Waals surface area contributed by atoms with E-state index in [0.29, 0.717) is 17.1 Å². The lowest BCUT2D eigenvalue weighted by molar-refractivity contribution is 0.0950. The molecule has 0 radical (unpaired) electrons. The summed E-state index contributed by atoms with van der Waals surface area (Å²) in [4.78, 5) is 27.3. The van der Waals surface area contributed by atoms with E-state index in [1.165, 1.54) is 13.2 Å². The number of hydrogen-bond donors (Lipinski definition) is 3. The van der Waals surface area contributed by atoms with Crippen molar-refractivity contribution in [2.24, 2.45) is 0 Å². The average Bonchev–Trinajstić information content (AvgIpc) is 2.56. The van der Waals surface area contributed by atoms with Gasteiger partial charge in [0.2, 0.25) is 5.88 Å². The number of hydrogen-bond acceptors (Lipinski definition) is 4. The van der Waals surface area contributed by atoms with Crippen molar-refractivity contribution in [3.63, 3.8) is 0 Å². The van der Waals surface area contributed by atoms with Crippen molar-refractivity contribution in [3.8, 4) is 5.88 Å². The topological polar surface area (TPSA) is 83.2 Å². The molecule has 0 bridgehead atoms. The van der Waals surface area contributed by atoms with Crippen LogP contribution in [0.15, 0.2) is 23.0 Å². The van der Waals surface area contributed by atoms with E-state index < -0.39 is 0 Å². The highest BCUT2D eigenvalue weighted by molar-refractivity contribution is 6.31. The number of benzene rings is 1. The fourth-order valence-corrected chi connectivity index (χ4v) is 2.83. The Morgan fingerprint density at radius 3 is 2.64 bits per heavy atom. The van der Waals surface area contributed by atoms with Gasteiger partial charge in [0.15, 0.2) is 5.43 Å². The maximum absolute atomic E-state index is 12.5. The van der Waals surface area contributed by atoms with Gasteiger partial charge >= 0.3 is 0 Å². The molecule has 0 saturated heterocycles. The van der Waals surface area contributed by atoms with Crippen LogP contribution in [0.3, 0.4) is 0 Å². The molecule has 25 heavy (non-hydrogen) atoms. The van der Waals surface area contributed by atoms with Gasteiger partial charge in [0.25, 0.3) is 5.91 Å². The number of anilines is 1. The molecule has 1 aromatic heterocycles. The molecule has 1 amide bonds. The minimum atomic E-state index is -0.337. The molecule has 6 nitrogen and oxygen atoms in total. The predicted molar refractivity (Wildman–Crippen MR) is 100 cm³/mol. The molecule has 2 rings (SSSR count). The summed E-state index contributed by atoms with van der Waals surface area (Å²) < 4.78 is 5.12. The Kier molecular flexibility index (Phi) is 6.33. The maximum atomic E-state index is 12.5. The van der Waals surface area contributed by atoms with E-state index in [0.717, 1.165) is 11.3 Å².